The molecule has 4 heterocycles. The van der Waals surface area contributed by atoms with Gasteiger partial charge < -0.3 is 97.2 Å². The predicted octanol–water partition coefficient (Wildman–Crippen LogP) is -5.45. The van der Waals surface area contributed by atoms with E-state index in [2.05, 4.69) is 0 Å². The quantitative estimate of drug-likeness (QED) is 0.113. The fourth-order valence-electron chi connectivity index (χ4n) is 7.00. The number of hydrogen-bond acceptors (Lipinski definition) is 19. The fraction of sp³-hybridized carbons (Fsp3) is 0.800. The van der Waals surface area contributed by atoms with E-state index in [0.29, 0.717) is 10.6 Å². The number of aliphatic hydroxyl groups is 6. The Hall–Kier alpha value is -1.25. The van der Waals surface area contributed by atoms with Crippen molar-refractivity contribution < 1.29 is 68.5 Å². The molecular formula is C30H48ClN5O14. The molecule has 284 valence electrons. The van der Waals surface area contributed by atoms with Gasteiger partial charge in [-0.2, -0.15) is 0 Å². The number of rotatable bonds is 9. The Morgan fingerprint density at radius 1 is 0.680 bits per heavy atom. The topological polar surface area (TPSA) is 325 Å². The third-order valence-electron chi connectivity index (χ3n) is 9.95. The molecule has 4 saturated heterocycles. The van der Waals surface area contributed by atoms with Crippen LogP contribution in [0.5, 0.6) is 0 Å². The van der Waals surface area contributed by atoms with Gasteiger partial charge in [-0.1, -0.05) is 23.7 Å². The van der Waals surface area contributed by atoms with Gasteiger partial charge in [0.1, 0.15) is 67.1 Å². The van der Waals surface area contributed by atoms with Crippen LogP contribution >= 0.6 is 11.6 Å². The van der Waals surface area contributed by atoms with Crippen molar-refractivity contribution in [3.05, 3.63) is 34.9 Å². The van der Waals surface area contributed by atoms with Crippen LogP contribution in [0, 0.1) is 0 Å². The van der Waals surface area contributed by atoms with E-state index in [0.717, 1.165) is 0 Å². The zero-order valence-corrected chi connectivity index (χ0v) is 27.7. The van der Waals surface area contributed by atoms with Gasteiger partial charge in [0, 0.05) is 29.2 Å². The van der Waals surface area contributed by atoms with E-state index in [1.54, 1.807) is 24.3 Å². The van der Waals surface area contributed by atoms with E-state index in [-0.39, 0.29) is 19.6 Å². The Kier molecular flexibility index (Phi) is 12.3. The summed E-state index contributed by atoms with van der Waals surface area (Å²) in [7, 11) is 0. The first-order valence-electron chi connectivity index (χ1n) is 16.5. The highest BCUT2D eigenvalue weighted by atomic mass is 35.5. The lowest BCUT2D eigenvalue weighted by Gasteiger charge is -2.49. The monoisotopic (exact) mass is 737 g/mol. The average molecular weight is 738 g/mol. The largest absolute Gasteiger partial charge is 0.394 e. The lowest BCUT2D eigenvalue weighted by Crippen LogP contribution is -2.69. The molecule has 0 spiro atoms. The Morgan fingerprint density at radius 3 is 1.98 bits per heavy atom. The van der Waals surface area contributed by atoms with Crippen LogP contribution in [0.1, 0.15) is 18.3 Å². The molecular weight excluding hydrogens is 690 g/mol. The van der Waals surface area contributed by atoms with E-state index >= 15 is 0 Å². The average Bonchev–Trinajstić information content (AvgIpc) is 3.40. The summed E-state index contributed by atoms with van der Waals surface area (Å²) in [6, 6.07) is 2.76. The van der Waals surface area contributed by atoms with Crippen LogP contribution in [-0.2, 0) is 37.9 Å². The number of nitrogens with two attached hydrogens (primary N) is 5. The van der Waals surface area contributed by atoms with E-state index < -0.39 is 129 Å². The van der Waals surface area contributed by atoms with Gasteiger partial charge in [0.25, 0.3) is 0 Å². The number of ether oxygens (including phenoxy) is 8. The van der Waals surface area contributed by atoms with Crippen molar-refractivity contribution >= 4 is 11.6 Å². The Morgan fingerprint density at radius 2 is 1.30 bits per heavy atom. The molecule has 20 atom stereocenters. The third kappa shape index (κ3) is 7.56. The summed E-state index contributed by atoms with van der Waals surface area (Å²) >= 11 is 5.99. The number of hydrogen-bond donors (Lipinski definition) is 11. The first-order valence-corrected chi connectivity index (χ1v) is 16.9. The molecule has 16 N–H and O–H groups in total. The number of benzene rings is 1. The standard InChI is InChI=1S/C30H48ClN5O14/c31-10-3-1-9(2-4-10)27-43-8-15-25(48-27)21(41)17(36)29(46-15)47-23-12(34)5-11(33)18(38)26(23)50-30-22(42)24(14(7-37)45-30)49-28-16(35)20(40)19(39)13(6-32)44-28/h1-4,11-30,37-42H,5-8,32-36H2/t11-,12+,13+,14-,15-,16-,17-,18+,19-,20-,21-,22-,23-,24-,25-,26-,27-,28-,29-,30+/m1/s1. The van der Waals surface area contributed by atoms with Crippen LogP contribution in [-0.4, -0.2) is 167 Å². The minimum atomic E-state index is -1.61. The maximum Gasteiger partial charge on any atom is 0.187 e. The van der Waals surface area contributed by atoms with E-state index in [9.17, 15) is 30.6 Å². The summed E-state index contributed by atoms with van der Waals surface area (Å²) in [4.78, 5) is 0. The molecule has 50 heavy (non-hydrogen) atoms. The first-order chi connectivity index (χ1) is 23.8. The molecule has 4 aliphatic heterocycles. The van der Waals surface area contributed by atoms with E-state index in [4.69, 9.17) is 78.2 Å². The zero-order chi connectivity index (χ0) is 36.0. The van der Waals surface area contributed by atoms with Crippen molar-refractivity contribution in [3.63, 3.8) is 0 Å². The molecule has 1 aromatic rings. The lowest BCUT2D eigenvalue weighted by atomic mass is 9.84. The molecule has 6 rings (SSSR count). The summed E-state index contributed by atoms with van der Waals surface area (Å²) in [6.45, 7) is -0.786. The molecule has 5 aliphatic rings. The molecule has 5 fully saturated rings. The van der Waals surface area contributed by atoms with Crippen molar-refractivity contribution in [1.82, 2.24) is 0 Å². The molecule has 1 saturated carbocycles. The highest BCUT2D eigenvalue weighted by Crippen LogP contribution is 2.37. The van der Waals surface area contributed by atoms with Gasteiger partial charge in [0.15, 0.2) is 25.2 Å². The van der Waals surface area contributed by atoms with Crippen molar-refractivity contribution in [2.45, 2.75) is 129 Å². The van der Waals surface area contributed by atoms with Crippen molar-refractivity contribution in [3.8, 4) is 0 Å². The van der Waals surface area contributed by atoms with Gasteiger partial charge in [-0.25, -0.2) is 0 Å². The zero-order valence-electron chi connectivity index (χ0n) is 26.9. The SMILES string of the molecule is NC[C@@H]1O[C@H](O[C@H]2[C@@H](O)[C@H](O[C@@H]3[C@@H](O)[C@H](N)C[C@H](N)[C@H]3O[C@H]3O[C@@H]4CO[C@@H](c5ccc(Cl)cc5)O[C@H]4[C@H](O)[C@H]3N)O[C@@H]2CO)[C@H](N)[C@@H](O)[C@@H]1O. The molecule has 20 heteroatoms. The molecule has 0 unspecified atom stereocenters. The maximum absolute atomic E-state index is 11.3. The fourth-order valence-corrected chi connectivity index (χ4v) is 7.12. The smallest absolute Gasteiger partial charge is 0.187 e. The van der Waals surface area contributed by atoms with Crippen LogP contribution in [0.15, 0.2) is 24.3 Å². The Bertz CT molecular complexity index is 1260. The minimum Gasteiger partial charge on any atom is -0.394 e. The van der Waals surface area contributed by atoms with Crippen LogP contribution in [0.3, 0.4) is 0 Å². The molecule has 0 amide bonds. The Balaban J connectivity index is 1.13. The predicted molar refractivity (Wildman–Crippen MR) is 168 cm³/mol. The van der Waals surface area contributed by atoms with Gasteiger partial charge in [-0.3, -0.25) is 0 Å². The van der Waals surface area contributed by atoms with Crippen molar-refractivity contribution in [1.29, 1.82) is 0 Å². The Labute approximate surface area is 292 Å². The molecule has 19 nitrogen and oxygen atoms in total. The molecule has 0 bridgehead atoms. The summed E-state index contributed by atoms with van der Waals surface area (Å²) in [5.74, 6) is 0. The van der Waals surface area contributed by atoms with Crippen LogP contribution in [0.2, 0.25) is 5.02 Å². The number of aliphatic hydroxyl groups excluding tert-OH is 6. The third-order valence-corrected chi connectivity index (χ3v) is 10.2. The highest BCUT2D eigenvalue weighted by molar-refractivity contribution is 6.30. The second kappa shape index (κ2) is 16.0. The van der Waals surface area contributed by atoms with Gasteiger partial charge in [0.05, 0.1) is 31.4 Å². The summed E-state index contributed by atoms with van der Waals surface area (Å²) in [5, 5.41) is 64.8. The van der Waals surface area contributed by atoms with Gasteiger partial charge in [-0.15, -0.1) is 0 Å². The van der Waals surface area contributed by atoms with Crippen molar-refractivity contribution in [2.75, 3.05) is 19.8 Å². The lowest BCUT2D eigenvalue weighted by molar-refractivity contribution is -0.356. The molecule has 0 aromatic heterocycles. The molecule has 1 aromatic carbocycles. The van der Waals surface area contributed by atoms with Gasteiger partial charge in [-0.05, 0) is 18.6 Å². The van der Waals surface area contributed by atoms with Gasteiger partial charge >= 0.3 is 0 Å². The van der Waals surface area contributed by atoms with E-state index in [1.165, 1.54) is 0 Å². The van der Waals surface area contributed by atoms with Crippen molar-refractivity contribution in [2.24, 2.45) is 28.7 Å². The molecule has 0 radical (unpaired) electrons. The second-order valence-corrected chi connectivity index (χ2v) is 13.8. The summed E-state index contributed by atoms with van der Waals surface area (Å²) < 4.78 is 47.5. The second-order valence-electron chi connectivity index (χ2n) is 13.3. The minimum absolute atomic E-state index is 0.0220. The maximum atomic E-state index is 11.3. The first kappa shape index (κ1) is 38.5. The van der Waals surface area contributed by atoms with Crippen LogP contribution < -0.4 is 28.7 Å². The van der Waals surface area contributed by atoms with Crippen LogP contribution in [0.4, 0.5) is 0 Å². The normalized spacial score (nSPS) is 49.8. The number of fused-ring (bicyclic) bond motifs is 1. The number of halogens is 1. The summed E-state index contributed by atoms with van der Waals surface area (Å²) in [5.41, 5.74) is 31.4. The van der Waals surface area contributed by atoms with E-state index in [1.807, 2.05) is 0 Å². The molecule has 1 aliphatic carbocycles. The summed E-state index contributed by atoms with van der Waals surface area (Å²) in [6.07, 6.45) is -19.6. The van der Waals surface area contributed by atoms with Crippen LogP contribution in [0.25, 0.3) is 0 Å². The van der Waals surface area contributed by atoms with Gasteiger partial charge in [0.2, 0.25) is 0 Å². The highest BCUT2D eigenvalue weighted by Gasteiger charge is 2.55.